The first-order valence-electron chi connectivity index (χ1n) is 6.10. The van der Waals surface area contributed by atoms with Gasteiger partial charge in [-0.05, 0) is 19.8 Å². The van der Waals surface area contributed by atoms with Crippen LogP contribution in [0, 0.1) is 12.3 Å². The number of thiazole rings is 1. The summed E-state index contributed by atoms with van der Waals surface area (Å²) in [6.07, 6.45) is 5.22. The van der Waals surface area contributed by atoms with Crippen molar-refractivity contribution >= 4 is 22.4 Å². The van der Waals surface area contributed by atoms with Gasteiger partial charge in [-0.2, -0.15) is 0 Å². The van der Waals surface area contributed by atoms with E-state index in [0.29, 0.717) is 11.7 Å². The Kier molecular flexibility index (Phi) is 3.79. The fraction of sp³-hybridized carbons (Fsp3) is 0.667. The first kappa shape index (κ1) is 12.5. The fourth-order valence-electron chi connectivity index (χ4n) is 2.39. The number of carbonyl (C=O) groups is 1. The van der Waals surface area contributed by atoms with Crippen LogP contribution in [0.4, 0.5) is 5.13 Å². The summed E-state index contributed by atoms with van der Waals surface area (Å²) >= 11 is 1.47. The quantitative estimate of drug-likeness (QED) is 0.868. The maximum absolute atomic E-state index is 12.3. The van der Waals surface area contributed by atoms with E-state index < -0.39 is 0 Å². The fourth-order valence-corrected chi connectivity index (χ4v) is 3.08. The molecular formula is C12H19N3OS. The highest BCUT2D eigenvalue weighted by Crippen LogP contribution is 2.36. The lowest BCUT2D eigenvalue weighted by molar-refractivity contribution is -0.126. The molecule has 1 aliphatic rings. The summed E-state index contributed by atoms with van der Waals surface area (Å²) in [4.78, 5) is 16.6. The monoisotopic (exact) mass is 253 g/mol. The van der Waals surface area contributed by atoms with Crippen LogP contribution < -0.4 is 11.1 Å². The minimum Gasteiger partial charge on any atom is -0.329 e. The lowest BCUT2D eigenvalue weighted by Gasteiger charge is -2.34. The lowest BCUT2D eigenvalue weighted by Crippen LogP contribution is -2.43. The van der Waals surface area contributed by atoms with Crippen LogP contribution in [0.2, 0.25) is 0 Å². The van der Waals surface area contributed by atoms with Crippen LogP contribution in [0.1, 0.15) is 37.8 Å². The molecule has 3 N–H and O–H groups in total. The van der Waals surface area contributed by atoms with Gasteiger partial charge in [0.1, 0.15) is 0 Å². The SMILES string of the molecule is Cc1csc(NC(=O)C2(CN)CCCCC2)n1. The van der Waals surface area contributed by atoms with Crippen molar-refractivity contribution in [2.24, 2.45) is 11.1 Å². The van der Waals surface area contributed by atoms with Gasteiger partial charge in [-0.25, -0.2) is 4.98 Å². The van der Waals surface area contributed by atoms with Crippen molar-refractivity contribution in [1.29, 1.82) is 0 Å². The van der Waals surface area contributed by atoms with E-state index in [0.717, 1.165) is 31.4 Å². The molecule has 0 aliphatic heterocycles. The molecule has 0 radical (unpaired) electrons. The van der Waals surface area contributed by atoms with Gasteiger partial charge in [0, 0.05) is 11.9 Å². The number of anilines is 1. The minimum atomic E-state index is -0.363. The topological polar surface area (TPSA) is 68.0 Å². The third kappa shape index (κ3) is 2.66. The van der Waals surface area contributed by atoms with Crippen LogP contribution >= 0.6 is 11.3 Å². The number of carbonyl (C=O) groups excluding carboxylic acids is 1. The maximum Gasteiger partial charge on any atom is 0.233 e. The Morgan fingerprint density at radius 2 is 2.24 bits per heavy atom. The average Bonchev–Trinajstić information content (AvgIpc) is 2.75. The zero-order valence-electron chi connectivity index (χ0n) is 10.2. The van der Waals surface area contributed by atoms with Gasteiger partial charge in [0.15, 0.2) is 5.13 Å². The molecular weight excluding hydrogens is 234 g/mol. The van der Waals surface area contributed by atoms with Gasteiger partial charge in [0.05, 0.1) is 11.1 Å². The number of hydrogen-bond donors (Lipinski definition) is 2. The standard InChI is InChI=1S/C12H19N3OS/c1-9-7-17-11(14-9)15-10(16)12(8-13)5-3-2-4-6-12/h7H,2-6,8,13H2,1H3,(H,14,15,16). The van der Waals surface area contributed by atoms with E-state index >= 15 is 0 Å². The normalized spacial score (nSPS) is 18.9. The van der Waals surface area contributed by atoms with E-state index in [1.54, 1.807) is 0 Å². The van der Waals surface area contributed by atoms with Crippen molar-refractivity contribution in [1.82, 2.24) is 4.98 Å². The largest absolute Gasteiger partial charge is 0.329 e. The van der Waals surface area contributed by atoms with Crippen molar-refractivity contribution in [2.75, 3.05) is 11.9 Å². The van der Waals surface area contributed by atoms with Gasteiger partial charge >= 0.3 is 0 Å². The van der Waals surface area contributed by atoms with Crippen molar-refractivity contribution in [2.45, 2.75) is 39.0 Å². The highest BCUT2D eigenvalue weighted by Gasteiger charge is 2.38. The molecule has 0 unspecified atom stereocenters. The highest BCUT2D eigenvalue weighted by atomic mass is 32.1. The van der Waals surface area contributed by atoms with Crippen molar-refractivity contribution in [3.63, 3.8) is 0 Å². The molecule has 94 valence electrons. The summed E-state index contributed by atoms with van der Waals surface area (Å²) in [5, 5.41) is 5.53. The van der Waals surface area contributed by atoms with E-state index in [1.165, 1.54) is 17.8 Å². The molecule has 2 rings (SSSR count). The first-order valence-corrected chi connectivity index (χ1v) is 6.98. The molecule has 1 heterocycles. The Labute approximate surface area is 106 Å². The molecule has 1 saturated carbocycles. The summed E-state index contributed by atoms with van der Waals surface area (Å²) in [7, 11) is 0. The summed E-state index contributed by atoms with van der Waals surface area (Å²) < 4.78 is 0. The maximum atomic E-state index is 12.3. The number of aromatic nitrogens is 1. The third-order valence-corrected chi connectivity index (χ3v) is 4.40. The van der Waals surface area contributed by atoms with E-state index in [4.69, 9.17) is 5.73 Å². The Morgan fingerprint density at radius 1 is 1.53 bits per heavy atom. The molecule has 0 bridgehead atoms. The zero-order valence-corrected chi connectivity index (χ0v) is 11.0. The van der Waals surface area contributed by atoms with Gasteiger partial charge in [-0.3, -0.25) is 4.79 Å². The third-order valence-electron chi connectivity index (χ3n) is 3.52. The molecule has 5 heteroatoms. The number of nitrogens with zero attached hydrogens (tertiary/aromatic N) is 1. The molecule has 4 nitrogen and oxygen atoms in total. The van der Waals surface area contributed by atoms with Gasteiger partial charge < -0.3 is 11.1 Å². The van der Waals surface area contributed by atoms with Crippen LogP contribution in [0.15, 0.2) is 5.38 Å². The molecule has 1 aromatic rings. The summed E-state index contributed by atoms with van der Waals surface area (Å²) in [5.41, 5.74) is 6.40. The number of aryl methyl sites for hydroxylation is 1. The molecule has 17 heavy (non-hydrogen) atoms. The Balaban J connectivity index is 2.07. The van der Waals surface area contributed by atoms with E-state index in [9.17, 15) is 4.79 Å². The first-order chi connectivity index (χ1) is 8.16. The Hall–Kier alpha value is -0.940. The van der Waals surface area contributed by atoms with Gasteiger partial charge in [-0.1, -0.05) is 19.3 Å². The molecule has 0 aromatic carbocycles. The predicted molar refractivity (Wildman–Crippen MR) is 70.1 cm³/mol. The highest BCUT2D eigenvalue weighted by molar-refractivity contribution is 7.13. The summed E-state index contributed by atoms with van der Waals surface area (Å²) in [6.45, 7) is 2.36. The number of nitrogens with one attached hydrogen (secondary N) is 1. The smallest absolute Gasteiger partial charge is 0.233 e. The van der Waals surface area contributed by atoms with Gasteiger partial charge in [0.2, 0.25) is 5.91 Å². The number of amides is 1. The second kappa shape index (κ2) is 5.14. The van der Waals surface area contributed by atoms with Gasteiger partial charge in [0.25, 0.3) is 0 Å². The second-order valence-electron chi connectivity index (χ2n) is 4.79. The average molecular weight is 253 g/mol. The van der Waals surface area contributed by atoms with Crippen LogP contribution in [-0.2, 0) is 4.79 Å². The lowest BCUT2D eigenvalue weighted by atomic mass is 9.73. The van der Waals surface area contributed by atoms with E-state index in [-0.39, 0.29) is 11.3 Å². The Morgan fingerprint density at radius 3 is 2.76 bits per heavy atom. The molecule has 1 fully saturated rings. The van der Waals surface area contributed by atoms with Crippen LogP contribution in [0.5, 0.6) is 0 Å². The molecule has 1 aromatic heterocycles. The predicted octanol–water partition coefficient (Wildman–Crippen LogP) is 2.30. The van der Waals surface area contributed by atoms with E-state index in [2.05, 4.69) is 10.3 Å². The van der Waals surface area contributed by atoms with Crippen molar-refractivity contribution < 1.29 is 4.79 Å². The number of nitrogens with two attached hydrogens (primary N) is 1. The molecule has 1 amide bonds. The number of hydrogen-bond acceptors (Lipinski definition) is 4. The van der Waals surface area contributed by atoms with E-state index in [1.807, 2.05) is 12.3 Å². The van der Waals surface area contributed by atoms with Crippen molar-refractivity contribution in [3.05, 3.63) is 11.1 Å². The minimum absolute atomic E-state index is 0.0500. The van der Waals surface area contributed by atoms with Crippen LogP contribution in [-0.4, -0.2) is 17.4 Å². The Bertz CT molecular complexity index is 396. The number of rotatable bonds is 3. The molecule has 0 atom stereocenters. The zero-order chi connectivity index (χ0) is 12.3. The second-order valence-corrected chi connectivity index (χ2v) is 5.65. The van der Waals surface area contributed by atoms with Gasteiger partial charge in [-0.15, -0.1) is 11.3 Å². The molecule has 0 spiro atoms. The molecule has 0 saturated heterocycles. The summed E-state index contributed by atoms with van der Waals surface area (Å²) in [6, 6.07) is 0. The van der Waals surface area contributed by atoms with Crippen LogP contribution in [0.3, 0.4) is 0 Å². The molecule has 1 aliphatic carbocycles. The van der Waals surface area contributed by atoms with Crippen molar-refractivity contribution in [3.8, 4) is 0 Å². The van der Waals surface area contributed by atoms with Crippen LogP contribution in [0.25, 0.3) is 0 Å². The summed E-state index contributed by atoms with van der Waals surface area (Å²) in [5.74, 6) is 0.0500.